The van der Waals surface area contributed by atoms with Crippen molar-refractivity contribution in [3.8, 4) is 0 Å². The summed E-state index contributed by atoms with van der Waals surface area (Å²) in [6, 6.07) is 0.159. The zero-order valence-electron chi connectivity index (χ0n) is 11.7. The van der Waals surface area contributed by atoms with Gasteiger partial charge < -0.3 is 19.8 Å². The summed E-state index contributed by atoms with van der Waals surface area (Å²) >= 11 is 0. The molecule has 0 bridgehead atoms. The van der Waals surface area contributed by atoms with Crippen LogP contribution in [0.15, 0.2) is 4.42 Å². The van der Waals surface area contributed by atoms with E-state index in [1.165, 1.54) is 0 Å². The summed E-state index contributed by atoms with van der Waals surface area (Å²) in [5.74, 6) is 0.402. The molecule has 1 heterocycles. The summed E-state index contributed by atoms with van der Waals surface area (Å²) < 4.78 is 45.1. The summed E-state index contributed by atoms with van der Waals surface area (Å²) in [6.07, 6.45) is -4.31. The van der Waals surface area contributed by atoms with Crippen LogP contribution in [0.25, 0.3) is 0 Å². The van der Waals surface area contributed by atoms with E-state index in [0.717, 1.165) is 0 Å². The molecule has 2 N–H and O–H groups in total. The van der Waals surface area contributed by atoms with Gasteiger partial charge in [0.05, 0.1) is 13.2 Å². The minimum Gasteiger partial charge on any atom is -0.407 e. The van der Waals surface area contributed by atoms with Crippen LogP contribution in [0.4, 0.5) is 19.2 Å². The standard InChI is InChI=1S/C11H19F3N4O2/c1-10(2,3)16-6-8-17-18-9(20-8)15-4-5-19-7-11(12,13)14/h16H,4-7H2,1-3H3,(H,15,18). The molecule has 0 saturated heterocycles. The second-order valence-electron chi connectivity index (χ2n) is 5.20. The number of rotatable bonds is 7. The Balaban J connectivity index is 2.20. The van der Waals surface area contributed by atoms with Crippen LogP contribution >= 0.6 is 0 Å². The predicted molar refractivity (Wildman–Crippen MR) is 66.3 cm³/mol. The topological polar surface area (TPSA) is 72.2 Å². The molecular weight excluding hydrogens is 277 g/mol. The number of alkyl halides is 3. The third-order valence-electron chi connectivity index (χ3n) is 2.03. The third-order valence-corrected chi connectivity index (χ3v) is 2.03. The molecule has 0 radical (unpaired) electrons. The molecule has 116 valence electrons. The minimum absolute atomic E-state index is 0.0759. The van der Waals surface area contributed by atoms with Gasteiger partial charge in [-0.3, -0.25) is 0 Å². The van der Waals surface area contributed by atoms with Gasteiger partial charge in [0.2, 0.25) is 5.89 Å². The fraction of sp³-hybridized carbons (Fsp3) is 0.818. The first-order valence-electron chi connectivity index (χ1n) is 6.11. The van der Waals surface area contributed by atoms with Crippen LogP contribution in [-0.2, 0) is 11.3 Å². The highest BCUT2D eigenvalue weighted by Crippen LogP contribution is 2.14. The van der Waals surface area contributed by atoms with Crippen molar-refractivity contribution in [2.24, 2.45) is 0 Å². The van der Waals surface area contributed by atoms with E-state index in [1.807, 2.05) is 20.8 Å². The Morgan fingerprint density at radius 1 is 1.20 bits per heavy atom. The quantitative estimate of drug-likeness (QED) is 0.749. The molecule has 0 aliphatic heterocycles. The van der Waals surface area contributed by atoms with Crippen LogP contribution in [0.5, 0.6) is 0 Å². The lowest BCUT2D eigenvalue weighted by atomic mass is 10.1. The molecule has 0 fully saturated rings. The van der Waals surface area contributed by atoms with Crippen LogP contribution in [0.2, 0.25) is 0 Å². The third kappa shape index (κ3) is 7.95. The van der Waals surface area contributed by atoms with Crippen LogP contribution < -0.4 is 10.6 Å². The molecule has 0 aliphatic carbocycles. The Labute approximate surface area is 115 Å². The van der Waals surface area contributed by atoms with Crippen LogP contribution in [0.3, 0.4) is 0 Å². The number of anilines is 1. The lowest BCUT2D eigenvalue weighted by Gasteiger charge is -2.18. The van der Waals surface area contributed by atoms with Gasteiger partial charge in [0.25, 0.3) is 0 Å². The molecule has 0 atom stereocenters. The van der Waals surface area contributed by atoms with Crippen molar-refractivity contribution in [3.05, 3.63) is 5.89 Å². The Morgan fingerprint density at radius 2 is 1.90 bits per heavy atom. The number of halogens is 3. The highest BCUT2D eigenvalue weighted by Gasteiger charge is 2.27. The Kier molecular flexibility index (Phi) is 5.75. The number of aromatic nitrogens is 2. The lowest BCUT2D eigenvalue weighted by Crippen LogP contribution is -2.35. The first-order valence-corrected chi connectivity index (χ1v) is 6.11. The van der Waals surface area contributed by atoms with Crippen molar-refractivity contribution < 1.29 is 22.3 Å². The van der Waals surface area contributed by atoms with Crippen molar-refractivity contribution in [3.63, 3.8) is 0 Å². The number of hydrogen-bond acceptors (Lipinski definition) is 6. The van der Waals surface area contributed by atoms with E-state index in [-0.39, 0.29) is 24.7 Å². The van der Waals surface area contributed by atoms with E-state index < -0.39 is 12.8 Å². The molecule has 9 heteroatoms. The number of nitrogens with one attached hydrogen (secondary N) is 2. The Bertz CT molecular complexity index is 401. The summed E-state index contributed by atoms with van der Waals surface area (Å²) in [4.78, 5) is 0. The molecule has 1 aromatic heterocycles. The molecule has 6 nitrogen and oxygen atoms in total. The van der Waals surface area contributed by atoms with Gasteiger partial charge >= 0.3 is 12.2 Å². The molecule has 0 aromatic carbocycles. The van der Waals surface area contributed by atoms with Gasteiger partial charge in [-0.1, -0.05) is 5.10 Å². The van der Waals surface area contributed by atoms with E-state index in [2.05, 4.69) is 25.6 Å². The monoisotopic (exact) mass is 296 g/mol. The summed E-state index contributed by atoms with van der Waals surface area (Å²) in [7, 11) is 0. The van der Waals surface area contributed by atoms with Gasteiger partial charge in [0.1, 0.15) is 6.61 Å². The van der Waals surface area contributed by atoms with Gasteiger partial charge in [-0.15, -0.1) is 5.10 Å². The first-order chi connectivity index (χ1) is 9.16. The van der Waals surface area contributed by atoms with Gasteiger partial charge in [0, 0.05) is 12.1 Å². The average molecular weight is 296 g/mol. The fourth-order valence-electron chi connectivity index (χ4n) is 1.16. The number of ether oxygens (including phenoxy) is 1. The van der Waals surface area contributed by atoms with E-state index in [0.29, 0.717) is 12.4 Å². The molecule has 0 amide bonds. The van der Waals surface area contributed by atoms with E-state index >= 15 is 0 Å². The van der Waals surface area contributed by atoms with E-state index in [4.69, 9.17) is 4.42 Å². The van der Waals surface area contributed by atoms with Crippen LogP contribution in [-0.4, -0.2) is 41.7 Å². The van der Waals surface area contributed by atoms with Crippen molar-refractivity contribution in [1.29, 1.82) is 0 Å². The smallest absolute Gasteiger partial charge is 0.407 e. The van der Waals surface area contributed by atoms with Crippen LogP contribution in [0.1, 0.15) is 26.7 Å². The fourth-order valence-corrected chi connectivity index (χ4v) is 1.16. The maximum atomic E-state index is 11.8. The van der Waals surface area contributed by atoms with E-state index in [1.54, 1.807) is 0 Å². The van der Waals surface area contributed by atoms with Crippen molar-refractivity contribution in [1.82, 2.24) is 15.5 Å². The van der Waals surface area contributed by atoms with Crippen molar-refractivity contribution >= 4 is 6.01 Å². The second kappa shape index (κ2) is 6.89. The number of hydrogen-bond donors (Lipinski definition) is 2. The molecule has 20 heavy (non-hydrogen) atoms. The van der Waals surface area contributed by atoms with Crippen molar-refractivity contribution in [2.75, 3.05) is 25.1 Å². The van der Waals surface area contributed by atoms with Gasteiger partial charge in [-0.25, -0.2) is 0 Å². The SMILES string of the molecule is CC(C)(C)NCc1nnc(NCCOCC(F)(F)F)o1. The normalized spacial score (nSPS) is 12.7. The maximum Gasteiger partial charge on any atom is 0.411 e. The summed E-state index contributed by atoms with van der Waals surface area (Å²) in [5.41, 5.74) is -0.0759. The maximum absolute atomic E-state index is 11.8. The molecule has 0 spiro atoms. The first kappa shape index (κ1) is 16.7. The molecule has 0 unspecified atom stereocenters. The predicted octanol–water partition coefficient (Wildman–Crippen LogP) is 1.95. The highest BCUT2D eigenvalue weighted by molar-refractivity contribution is 5.16. The zero-order chi connectivity index (χ0) is 15.2. The molecule has 0 saturated carbocycles. The van der Waals surface area contributed by atoms with Crippen LogP contribution in [0, 0.1) is 0 Å². The molecule has 1 aromatic rings. The lowest BCUT2D eigenvalue weighted by molar-refractivity contribution is -0.172. The van der Waals surface area contributed by atoms with Crippen molar-refractivity contribution in [2.45, 2.75) is 39.0 Å². The van der Waals surface area contributed by atoms with E-state index in [9.17, 15) is 13.2 Å². The van der Waals surface area contributed by atoms with Gasteiger partial charge in [0.15, 0.2) is 0 Å². The largest absolute Gasteiger partial charge is 0.411 e. The average Bonchev–Trinajstić information content (AvgIpc) is 2.71. The molecular formula is C11H19F3N4O2. The zero-order valence-corrected chi connectivity index (χ0v) is 11.7. The molecule has 1 rings (SSSR count). The van der Waals surface area contributed by atoms with Gasteiger partial charge in [-0.2, -0.15) is 13.2 Å². The minimum atomic E-state index is -4.31. The highest BCUT2D eigenvalue weighted by atomic mass is 19.4. The Morgan fingerprint density at radius 3 is 2.50 bits per heavy atom. The second-order valence-corrected chi connectivity index (χ2v) is 5.20. The summed E-state index contributed by atoms with van der Waals surface area (Å²) in [5, 5.41) is 13.4. The number of nitrogens with zero attached hydrogens (tertiary/aromatic N) is 2. The molecule has 0 aliphatic rings. The summed E-state index contributed by atoms with van der Waals surface area (Å²) in [6.45, 7) is 5.21. The Hall–Kier alpha value is -1.35. The van der Waals surface area contributed by atoms with Gasteiger partial charge in [-0.05, 0) is 20.8 Å².